The van der Waals surface area contributed by atoms with Crippen molar-refractivity contribution in [3.8, 4) is 17.2 Å². The number of benzene rings is 1. The van der Waals surface area contributed by atoms with Crippen molar-refractivity contribution in [2.75, 3.05) is 28.4 Å². The minimum atomic E-state index is -0.739. The van der Waals surface area contributed by atoms with E-state index >= 15 is 0 Å². The van der Waals surface area contributed by atoms with E-state index in [-0.39, 0.29) is 6.42 Å². The van der Waals surface area contributed by atoms with Gasteiger partial charge in [0.1, 0.15) is 0 Å². The van der Waals surface area contributed by atoms with Gasteiger partial charge in [0.15, 0.2) is 11.5 Å². The lowest BCUT2D eigenvalue weighted by Gasteiger charge is -2.15. The third-order valence-electron chi connectivity index (χ3n) is 3.12. The molecule has 1 aromatic carbocycles. The largest absolute Gasteiger partial charge is 0.493 e. The Balaban J connectivity index is 2.77. The van der Waals surface area contributed by atoms with E-state index in [1.807, 2.05) is 12.1 Å². The number of ether oxygens (including phenoxy) is 4. The predicted octanol–water partition coefficient (Wildman–Crippen LogP) is 1.57. The number of rotatable bonds is 8. The zero-order valence-corrected chi connectivity index (χ0v) is 12.8. The second-order valence-corrected chi connectivity index (χ2v) is 4.51. The number of esters is 1. The highest BCUT2D eigenvalue weighted by molar-refractivity contribution is 5.69. The summed E-state index contributed by atoms with van der Waals surface area (Å²) in [6.07, 6.45) is 0.264. The van der Waals surface area contributed by atoms with E-state index in [1.165, 1.54) is 7.11 Å². The fraction of sp³-hybridized carbons (Fsp3) is 0.533. The molecule has 0 aliphatic rings. The Labute approximate surface area is 124 Å². The molecule has 6 nitrogen and oxygen atoms in total. The minimum Gasteiger partial charge on any atom is -0.493 e. The summed E-state index contributed by atoms with van der Waals surface area (Å²) < 4.78 is 20.3. The fourth-order valence-corrected chi connectivity index (χ4v) is 1.99. The average Bonchev–Trinajstić information content (AvgIpc) is 2.51. The van der Waals surface area contributed by atoms with Gasteiger partial charge < -0.3 is 24.1 Å². The first-order valence-electron chi connectivity index (χ1n) is 6.59. The Hall–Kier alpha value is -1.95. The van der Waals surface area contributed by atoms with Crippen LogP contribution in [0.1, 0.15) is 18.4 Å². The Kier molecular flexibility index (Phi) is 6.81. The number of aliphatic hydroxyl groups excluding tert-OH is 1. The van der Waals surface area contributed by atoms with Crippen LogP contribution in [-0.2, 0) is 16.0 Å². The lowest BCUT2D eigenvalue weighted by molar-refractivity contribution is -0.142. The van der Waals surface area contributed by atoms with Gasteiger partial charge in [-0.25, -0.2) is 0 Å². The Morgan fingerprint density at radius 3 is 2.10 bits per heavy atom. The number of aryl methyl sites for hydroxylation is 1. The average molecular weight is 298 g/mol. The lowest BCUT2D eigenvalue weighted by Crippen LogP contribution is -2.15. The molecule has 6 heteroatoms. The van der Waals surface area contributed by atoms with Gasteiger partial charge in [0, 0.05) is 0 Å². The molecule has 0 saturated heterocycles. The van der Waals surface area contributed by atoms with Crippen molar-refractivity contribution in [1.29, 1.82) is 0 Å². The third-order valence-corrected chi connectivity index (χ3v) is 3.12. The summed E-state index contributed by atoms with van der Waals surface area (Å²) in [6, 6.07) is 3.65. The highest BCUT2D eigenvalue weighted by Gasteiger charge is 2.15. The smallest absolute Gasteiger partial charge is 0.308 e. The third kappa shape index (κ3) is 4.82. The molecule has 0 bridgehead atoms. The van der Waals surface area contributed by atoms with Gasteiger partial charge >= 0.3 is 5.97 Å². The van der Waals surface area contributed by atoms with Crippen LogP contribution in [0.25, 0.3) is 0 Å². The molecule has 0 fully saturated rings. The second-order valence-electron chi connectivity index (χ2n) is 4.51. The minimum absolute atomic E-state index is 0.0130. The highest BCUT2D eigenvalue weighted by Crippen LogP contribution is 2.38. The summed E-state index contributed by atoms with van der Waals surface area (Å²) in [7, 11) is 5.94. The number of carbonyl (C=O) groups excluding carboxylic acids is 1. The summed E-state index contributed by atoms with van der Waals surface area (Å²) in [6.45, 7) is 0. The molecular weight excluding hydrogens is 276 g/mol. The Morgan fingerprint density at radius 2 is 1.67 bits per heavy atom. The molecule has 1 atom stereocenters. The quantitative estimate of drug-likeness (QED) is 0.734. The van der Waals surface area contributed by atoms with Crippen molar-refractivity contribution < 1.29 is 28.8 Å². The number of hydrogen-bond acceptors (Lipinski definition) is 6. The van der Waals surface area contributed by atoms with Crippen LogP contribution in [0.4, 0.5) is 0 Å². The van der Waals surface area contributed by atoms with E-state index in [0.717, 1.165) is 5.56 Å². The van der Waals surface area contributed by atoms with Gasteiger partial charge in [-0.1, -0.05) is 0 Å². The van der Waals surface area contributed by atoms with E-state index in [0.29, 0.717) is 30.1 Å². The monoisotopic (exact) mass is 298 g/mol. The molecule has 0 radical (unpaired) electrons. The van der Waals surface area contributed by atoms with Gasteiger partial charge in [-0.15, -0.1) is 0 Å². The number of carbonyl (C=O) groups is 1. The van der Waals surface area contributed by atoms with Crippen LogP contribution in [0, 0.1) is 0 Å². The van der Waals surface area contributed by atoms with E-state index in [4.69, 9.17) is 14.2 Å². The first kappa shape index (κ1) is 17.1. The van der Waals surface area contributed by atoms with Crippen LogP contribution in [0.2, 0.25) is 0 Å². The molecule has 0 amide bonds. The molecule has 1 rings (SSSR count). The van der Waals surface area contributed by atoms with Crippen LogP contribution in [0.5, 0.6) is 17.2 Å². The summed E-state index contributed by atoms with van der Waals surface area (Å²) in [5.41, 5.74) is 0.924. The summed E-state index contributed by atoms with van der Waals surface area (Å²) in [4.78, 5) is 11.1. The molecule has 1 unspecified atom stereocenters. The summed E-state index contributed by atoms with van der Waals surface area (Å²) in [5.74, 6) is 1.23. The van der Waals surface area contributed by atoms with Crippen molar-refractivity contribution in [1.82, 2.24) is 0 Å². The van der Waals surface area contributed by atoms with Crippen LogP contribution in [0.15, 0.2) is 12.1 Å². The molecule has 0 saturated carbocycles. The lowest BCUT2D eigenvalue weighted by atomic mass is 10.0. The van der Waals surface area contributed by atoms with Crippen molar-refractivity contribution in [3.05, 3.63) is 17.7 Å². The first-order valence-corrected chi connectivity index (χ1v) is 6.59. The first-order chi connectivity index (χ1) is 10.0. The van der Waals surface area contributed by atoms with Gasteiger partial charge in [0.05, 0.1) is 41.0 Å². The van der Waals surface area contributed by atoms with E-state index in [2.05, 4.69) is 4.74 Å². The van der Waals surface area contributed by atoms with E-state index in [9.17, 15) is 9.90 Å². The normalized spacial score (nSPS) is 11.7. The Morgan fingerprint density at radius 1 is 1.10 bits per heavy atom. The predicted molar refractivity (Wildman–Crippen MR) is 77.1 cm³/mol. The van der Waals surface area contributed by atoms with Crippen molar-refractivity contribution in [3.63, 3.8) is 0 Å². The second kappa shape index (κ2) is 8.36. The van der Waals surface area contributed by atoms with Gasteiger partial charge in [0.2, 0.25) is 5.75 Å². The summed E-state index contributed by atoms with van der Waals surface area (Å²) >= 11 is 0. The number of methoxy groups -OCH3 is 4. The van der Waals surface area contributed by atoms with Gasteiger partial charge in [-0.2, -0.15) is 0 Å². The molecule has 21 heavy (non-hydrogen) atoms. The summed E-state index contributed by atoms with van der Waals surface area (Å²) in [5, 5.41) is 9.78. The maximum atomic E-state index is 11.1. The molecule has 0 heterocycles. The van der Waals surface area contributed by atoms with Crippen LogP contribution < -0.4 is 14.2 Å². The molecule has 0 aromatic heterocycles. The molecule has 118 valence electrons. The number of aliphatic hydroxyl groups is 1. The van der Waals surface area contributed by atoms with Crippen molar-refractivity contribution in [2.24, 2.45) is 0 Å². The van der Waals surface area contributed by atoms with E-state index in [1.54, 1.807) is 21.3 Å². The van der Waals surface area contributed by atoms with Gasteiger partial charge in [-0.05, 0) is 30.5 Å². The van der Waals surface area contributed by atoms with Crippen LogP contribution >= 0.6 is 0 Å². The fourth-order valence-electron chi connectivity index (χ4n) is 1.99. The molecule has 1 N–H and O–H groups in total. The molecule has 0 aliphatic carbocycles. The van der Waals surface area contributed by atoms with Crippen LogP contribution in [-0.4, -0.2) is 45.6 Å². The molecule has 0 spiro atoms. The van der Waals surface area contributed by atoms with E-state index < -0.39 is 12.1 Å². The highest BCUT2D eigenvalue weighted by atomic mass is 16.5. The zero-order chi connectivity index (χ0) is 15.8. The topological polar surface area (TPSA) is 74.2 Å². The van der Waals surface area contributed by atoms with Gasteiger partial charge in [0.25, 0.3) is 0 Å². The Bertz CT molecular complexity index is 446. The zero-order valence-electron chi connectivity index (χ0n) is 12.8. The SMILES string of the molecule is COC(=O)CC(O)CCc1cc(OC)c(OC)c(OC)c1. The maximum Gasteiger partial charge on any atom is 0.308 e. The van der Waals surface area contributed by atoms with Crippen LogP contribution in [0.3, 0.4) is 0 Å². The number of hydrogen-bond donors (Lipinski definition) is 1. The maximum absolute atomic E-state index is 11.1. The van der Waals surface area contributed by atoms with Crippen molar-refractivity contribution >= 4 is 5.97 Å². The standard InChI is InChI=1S/C15H22O6/c1-18-12-7-10(8-13(19-2)15(12)21-4)5-6-11(16)9-14(17)20-3/h7-8,11,16H,5-6,9H2,1-4H3. The van der Waals surface area contributed by atoms with Crippen molar-refractivity contribution in [2.45, 2.75) is 25.4 Å². The van der Waals surface area contributed by atoms with Gasteiger partial charge in [-0.3, -0.25) is 4.79 Å². The molecule has 1 aromatic rings. The molecular formula is C15H22O6. The molecule has 0 aliphatic heterocycles.